The number of benzene rings is 2. The fraction of sp³-hybridized carbons (Fsp3) is 0.267. The lowest BCUT2D eigenvalue weighted by molar-refractivity contribution is 0.122. The molecule has 0 radical (unpaired) electrons. The van der Waals surface area contributed by atoms with Crippen LogP contribution in [-0.4, -0.2) is 41.0 Å². The molecule has 0 aliphatic carbocycles. The van der Waals surface area contributed by atoms with Crippen LogP contribution in [-0.2, 0) is 4.74 Å². The second-order valence-electron chi connectivity index (χ2n) is 9.73. The summed E-state index contributed by atoms with van der Waals surface area (Å²) in [7, 11) is 0. The lowest BCUT2D eigenvalue weighted by Gasteiger charge is -2.31. The highest BCUT2D eigenvalue weighted by Crippen LogP contribution is 2.44. The molecular formula is C30H30BrN5OS. The van der Waals surface area contributed by atoms with E-state index in [0.29, 0.717) is 5.11 Å². The molecule has 0 spiro atoms. The third-order valence-corrected chi connectivity index (χ3v) is 8.47. The molecule has 2 aromatic heterocycles. The number of ether oxygens (including phenoxy) is 1. The molecule has 2 fully saturated rings. The molecule has 194 valence electrons. The summed E-state index contributed by atoms with van der Waals surface area (Å²) >= 11 is 9.73. The zero-order valence-corrected chi connectivity index (χ0v) is 23.9. The van der Waals surface area contributed by atoms with E-state index in [2.05, 4.69) is 104 Å². The molecule has 38 heavy (non-hydrogen) atoms. The molecule has 2 aliphatic rings. The van der Waals surface area contributed by atoms with E-state index in [4.69, 9.17) is 21.9 Å². The van der Waals surface area contributed by atoms with Gasteiger partial charge >= 0.3 is 0 Å². The van der Waals surface area contributed by atoms with Crippen LogP contribution in [0.5, 0.6) is 0 Å². The summed E-state index contributed by atoms with van der Waals surface area (Å²) in [6, 6.07) is 25.3. The number of pyridine rings is 1. The molecular weight excluding hydrogens is 558 g/mol. The van der Waals surface area contributed by atoms with Crippen molar-refractivity contribution in [1.29, 1.82) is 0 Å². The number of aryl methyl sites for hydroxylation is 1. The Morgan fingerprint density at radius 1 is 0.947 bits per heavy atom. The van der Waals surface area contributed by atoms with E-state index in [-0.39, 0.29) is 12.1 Å². The molecule has 0 bridgehead atoms. The van der Waals surface area contributed by atoms with Gasteiger partial charge in [0.25, 0.3) is 0 Å². The predicted molar refractivity (Wildman–Crippen MR) is 160 cm³/mol. The summed E-state index contributed by atoms with van der Waals surface area (Å²) in [5.74, 6) is 0. The van der Waals surface area contributed by atoms with Gasteiger partial charge in [-0.3, -0.25) is 4.98 Å². The average Bonchev–Trinajstić information content (AvgIpc) is 3.45. The van der Waals surface area contributed by atoms with E-state index in [9.17, 15) is 0 Å². The Morgan fingerprint density at radius 3 is 2.37 bits per heavy atom. The van der Waals surface area contributed by atoms with Gasteiger partial charge in [-0.15, -0.1) is 0 Å². The molecule has 2 aliphatic heterocycles. The third-order valence-electron chi connectivity index (χ3n) is 7.48. The lowest BCUT2D eigenvalue weighted by Crippen LogP contribution is -2.36. The van der Waals surface area contributed by atoms with E-state index in [1.807, 2.05) is 24.4 Å². The quantitative estimate of drug-likeness (QED) is 0.278. The van der Waals surface area contributed by atoms with Gasteiger partial charge in [0.15, 0.2) is 5.11 Å². The van der Waals surface area contributed by atoms with Crippen LogP contribution in [0.25, 0.3) is 5.69 Å². The predicted octanol–water partition coefficient (Wildman–Crippen LogP) is 6.27. The summed E-state index contributed by atoms with van der Waals surface area (Å²) in [5.41, 5.74) is 7.94. The maximum atomic E-state index is 5.98. The number of aromatic nitrogens is 2. The summed E-state index contributed by atoms with van der Waals surface area (Å²) in [6.45, 7) is 7.71. The largest absolute Gasteiger partial charge is 0.378 e. The van der Waals surface area contributed by atoms with Gasteiger partial charge in [-0.2, -0.15) is 0 Å². The van der Waals surface area contributed by atoms with Crippen LogP contribution < -0.4 is 15.1 Å². The van der Waals surface area contributed by atoms with Gasteiger partial charge in [-0.25, -0.2) is 0 Å². The van der Waals surface area contributed by atoms with Crippen molar-refractivity contribution in [1.82, 2.24) is 14.9 Å². The number of morpholine rings is 1. The lowest BCUT2D eigenvalue weighted by atomic mass is 9.96. The highest BCUT2D eigenvalue weighted by atomic mass is 79.9. The fourth-order valence-corrected chi connectivity index (χ4v) is 6.49. The standard InChI is InChI=1S/C30H30BrN5OS/c1-20-19-24(21(2)35(20)27-9-4-3-7-25(27)31)29-28(26-8-5-6-14-32-26)33-30(38)36(29)23-12-10-22(11-13-23)34-15-17-37-18-16-34/h3-14,19,28-29H,15-18H2,1-2H3,(H,33,38)/t28-,29-/m0/s1. The number of para-hydroxylation sites is 1. The molecule has 8 heteroatoms. The minimum Gasteiger partial charge on any atom is -0.378 e. The number of nitrogens with zero attached hydrogens (tertiary/aromatic N) is 4. The third kappa shape index (κ3) is 4.51. The van der Waals surface area contributed by atoms with Crippen molar-refractivity contribution in [2.45, 2.75) is 25.9 Å². The van der Waals surface area contributed by atoms with Crippen LogP contribution in [0, 0.1) is 13.8 Å². The zero-order chi connectivity index (χ0) is 26.2. The molecule has 4 heterocycles. The smallest absolute Gasteiger partial charge is 0.174 e. The Hall–Kier alpha value is -3.20. The van der Waals surface area contributed by atoms with Crippen LogP contribution in [0.4, 0.5) is 11.4 Å². The summed E-state index contributed by atoms with van der Waals surface area (Å²) in [5, 5.41) is 4.31. The Labute approximate surface area is 237 Å². The Kier molecular flexibility index (Phi) is 6.95. The molecule has 6 rings (SSSR count). The number of anilines is 2. The van der Waals surface area contributed by atoms with Gasteiger partial charge in [0, 0.05) is 46.5 Å². The number of hydrogen-bond acceptors (Lipinski definition) is 4. The first kappa shape index (κ1) is 25.1. The molecule has 0 amide bonds. The van der Waals surface area contributed by atoms with Crippen LogP contribution in [0.2, 0.25) is 0 Å². The van der Waals surface area contributed by atoms with E-state index >= 15 is 0 Å². The number of hydrogen-bond donors (Lipinski definition) is 1. The molecule has 2 atom stereocenters. The number of halogens is 1. The Morgan fingerprint density at radius 2 is 1.66 bits per heavy atom. The monoisotopic (exact) mass is 587 g/mol. The van der Waals surface area contributed by atoms with Gasteiger partial charge in [0.1, 0.15) is 0 Å². The minimum atomic E-state index is -0.0872. The first-order valence-electron chi connectivity index (χ1n) is 12.9. The second-order valence-corrected chi connectivity index (χ2v) is 11.0. The Bertz CT molecular complexity index is 1450. The second kappa shape index (κ2) is 10.5. The number of rotatable bonds is 5. The summed E-state index contributed by atoms with van der Waals surface area (Å²) in [4.78, 5) is 9.35. The van der Waals surface area contributed by atoms with Crippen molar-refractivity contribution >= 4 is 44.6 Å². The maximum Gasteiger partial charge on any atom is 0.174 e. The number of nitrogens with one attached hydrogen (secondary N) is 1. The molecule has 2 aromatic carbocycles. The topological polar surface area (TPSA) is 45.6 Å². The number of thiocarbonyl (C=S) groups is 1. The first-order valence-corrected chi connectivity index (χ1v) is 14.1. The fourth-order valence-electron chi connectivity index (χ4n) is 5.69. The molecule has 0 unspecified atom stereocenters. The van der Waals surface area contributed by atoms with Crippen molar-refractivity contribution in [3.05, 3.63) is 106 Å². The van der Waals surface area contributed by atoms with E-state index in [1.54, 1.807) is 0 Å². The van der Waals surface area contributed by atoms with Crippen LogP contribution >= 0.6 is 28.1 Å². The van der Waals surface area contributed by atoms with Crippen molar-refractivity contribution in [3.8, 4) is 5.69 Å². The zero-order valence-electron chi connectivity index (χ0n) is 21.5. The normalized spacial score (nSPS) is 19.6. The van der Waals surface area contributed by atoms with Crippen molar-refractivity contribution in [2.24, 2.45) is 0 Å². The van der Waals surface area contributed by atoms with Gasteiger partial charge in [0.2, 0.25) is 0 Å². The van der Waals surface area contributed by atoms with Crippen molar-refractivity contribution in [2.75, 3.05) is 36.1 Å². The van der Waals surface area contributed by atoms with E-state index in [0.717, 1.165) is 47.8 Å². The van der Waals surface area contributed by atoms with E-state index < -0.39 is 0 Å². The van der Waals surface area contributed by atoms with Crippen molar-refractivity contribution in [3.63, 3.8) is 0 Å². The highest BCUT2D eigenvalue weighted by molar-refractivity contribution is 9.10. The summed E-state index contributed by atoms with van der Waals surface area (Å²) < 4.78 is 8.91. The molecule has 4 aromatic rings. The van der Waals surface area contributed by atoms with Gasteiger partial charge in [-0.05, 0) is 102 Å². The minimum absolute atomic E-state index is 0.0610. The molecule has 2 saturated heterocycles. The van der Waals surface area contributed by atoms with Crippen molar-refractivity contribution < 1.29 is 4.74 Å². The Balaban J connectivity index is 1.44. The highest BCUT2D eigenvalue weighted by Gasteiger charge is 2.42. The van der Waals surface area contributed by atoms with Crippen LogP contribution in [0.3, 0.4) is 0 Å². The SMILES string of the molecule is Cc1cc([C@H]2[C@H](c3ccccn3)NC(=S)N2c2ccc(N3CCOCC3)cc2)c(C)n1-c1ccccc1Br. The molecule has 1 N–H and O–H groups in total. The maximum absolute atomic E-state index is 5.98. The molecule has 6 nitrogen and oxygen atoms in total. The molecule has 0 saturated carbocycles. The van der Waals surface area contributed by atoms with Crippen LogP contribution in [0.1, 0.15) is 34.7 Å². The van der Waals surface area contributed by atoms with Gasteiger partial charge in [0.05, 0.1) is 36.7 Å². The van der Waals surface area contributed by atoms with E-state index in [1.165, 1.54) is 22.6 Å². The first-order chi connectivity index (χ1) is 18.5. The average molecular weight is 589 g/mol. The van der Waals surface area contributed by atoms with Gasteiger partial charge in [-0.1, -0.05) is 18.2 Å². The van der Waals surface area contributed by atoms with Crippen LogP contribution in [0.15, 0.2) is 83.5 Å². The van der Waals surface area contributed by atoms with Gasteiger partial charge < -0.3 is 24.4 Å². The summed E-state index contributed by atoms with van der Waals surface area (Å²) in [6.07, 6.45) is 1.85.